The molecule has 1 heterocycles. The maximum Gasteiger partial charge on any atom is 0.257 e. The molecule has 0 atom stereocenters. The Bertz CT molecular complexity index is 881. The second kappa shape index (κ2) is 7.34. The Balaban J connectivity index is 1.77. The maximum atomic E-state index is 12.2. The predicted molar refractivity (Wildman–Crippen MR) is 101 cm³/mol. The molecule has 0 aliphatic carbocycles. The Hall–Kier alpha value is -1.89. The summed E-state index contributed by atoms with van der Waals surface area (Å²) in [6, 6.07) is 12.4. The van der Waals surface area contributed by atoms with Gasteiger partial charge in [-0.3, -0.25) is 10.1 Å². The lowest BCUT2D eigenvalue weighted by Gasteiger charge is -2.04. The summed E-state index contributed by atoms with van der Waals surface area (Å²) in [5.74, 6) is 0.536. The van der Waals surface area contributed by atoms with Gasteiger partial charge in [0.15, 0.2) is 5.13 Å². The molecule has 0 radical (unpaired) electrons. The third-order valence-corrected chi connectivity index (χ3v) is 4.91. The number of hydrogen-bond donors (Lipinski definition) is 1. The number of anilines is 1. The van der Waals surface area contributed by atoms with E-state index in [9.17, 15) is 4.79 Å². The first-order valence-corrected chi connectivity index (χ1v) is 8.98. The molecule has 0 fully saturated rings. The average molecular weight is 424 g/mol. The second-order valence-electron chi connectivity index (χ2n) is 4.85. The molecule has 24 heavy (non-hydrogen) atoms. The minimum atomic E-state index is -0.219. The average Bonchev–Trinajstić information content (AvgIpc) is 3.04. The largest absolute Gasteiger partial charge is 0.496 e. The Kier molecular flexibility index (Phi) is 5.18. The Morgan fingerprint density at radius 1 is 1.25 bits per heavy atom. The van der Waals surface area contributed by atoms with E-state index in [1.54, 1.807) is 31.4 Å². The number of halogens is 2. The van der Waals surface area contributed by atoms with Gasteiger partial charge in [-0.1, -0.05) is 11.6 Å². The van der Waals surface area contributed by atoms with E-state index in [0.717, 1.165) is 21.5 Å². The first kappa shape index (κ1) is 17.0. The van der Waals surface area contributed by atoms with Crippen LogP contribution in [-0.2, 0) is 0 Å². The molecular weight excluding hydrogens is 412 g/mol. The number of nitrogens with zero attached hydrogens (tertiary/aromatic N) is 1. The molecule has 0 saturated carbocycles. The number of aromatic nitrogens is 1. The van der Waals surface area contributed by atoms with Crippen molar-refractivity contribution in [3.05, 3.63) is 62.9 Å². The van der Waals surface area contributed by atoms with Crippen molar-refractivity contribution in [2.24, 2.45) is 0 Å². The number of nitrogens with one attached hydrogen (secondary N) is 1. The summed E-state index contributed by atoms with van der Waals surface area (Å²) in [6.45, 7) is 0. The van der Waals surface area contributed by atoms with Gasteiger partial charge in [0.05, 0.1) is 17.3 Å². The zero-order valence-corrected chi connectivity index (χ0v) is 15.7. The number of hydrogen-bond acceptors (Lipinski definition) is 4. The molecule has 0 spiro atoms. The third-order valence-electron chi connectivity index (χ3n) is 3.28. The van der Waals surface area contributed by atoms with Gasteiger partial charge in [-0.2, -0.15) is 0 Å². The molecule has 3 aromatic rings. The van der Waals surface area contributed by atoms with E-state index >= 15 is 0 Å². The minimum absolute atomic E-state index is 0.219. The number of amides is 1. The standard InChI is InChI=1S/C17H12BrClN2O2S/c1-23-15-7-4-11(8-13(15)18)14-9-24-17(20-14)21-16(22)10-2-5-12(19)6-3-10/h2-9H,1H3,(H,20,21,22). The summed E-state index contributed by atoms with van der Waals surface area (Å²) in [7, 11) is 1.62. The first-order valence-electron chi connectivity index (χ1n) is 6.93. The van der Waals surface area contributed by atoms with Crippen LogP contribution in [0, 0.1) is 0 Å². The molecule has 0 saturated heterocycles. The first-order chi connectivity index (χ1) is 11.6. The van der Waals surface area contributed by atoms with Crippen molar-refractivity contribution in [3.63, 3.8) is 0 Å². The molecular formula is C17H12BrClN2O2S. The lowest BCUT2D eigenvalue weighted by molar-refractivity contribution is 0.102. The van der Waals surface area contributed by atoms with Crippen LogP contribution in [-0.4, -0.2) is 18.0 Å². The van der Waals surface area contributed by atoms with E-state index < -0.39 is 0 Å². The molecule has 0 aliphatic heterocycles. The van der Waals surface area contributed by atoms with E-state index in [2.05, 4.69) is 26.2 Å². The number of methoxy groups -OCH3 is 1. The van der Waals surface area contributed by atoms with Gasteiger partial charge in [-0.05, 0) is 58.4 Å². The van der Waals surface area contributed by atoms with Gasteiger partial charge in [0.25, 0.3) is 5.91 Å². The minimum Gasteiger partial charge on any atom is -0.496 e. The summed E-state index contributed by atoms with van der Waals surface area (Å²) >= 11 is 10.7. The van der Waals surface area contributed by atoms with Crippen molar-refractivity contribution in [1.82, 2.24) is 4.98 Å². The van der Waals surface area contributed by atoms with Crippen LogP contribution in [0.15, 0.2) is 52.3 Å². The number of rotatable bonds is 4. The second-order valence-corrected chi connectivity index (χ2v) is 7.00. The molecule has 1 aromatic heterocycles. The fourth-order valence-corrected chi connectivity index (χ4v) is 3.44. The molecule has 0 unspecified atom stereocenters. The van der Waals surface area contributed by atoms with Crippen LogP contribution in [0.3, 0.4) is 0 Å². The monoisotopic (exact) mass is 422 g/mol. The smallest absolute Gasteiger partial charge is 0.257 e. The predicted octanol–water partition coefficient (Wildman–Crippen LogP) is 5.49. The van der Waals surface area contributed by atoms with Crippen molar-refractivity contribution in [2.75, 3.05) is 12.4 Å². The van der Waals surface area contributed by atoms with E-state index in [0.29, 0.717) is 15.7 Å². The lowest BCUT2D eigenvalue weighted by atomic mass is 10.2. The number of benzene rings is 2. The molecule has 122 valence electrons. The SMILES string of the molecule is COc1ccc(-c2csc(NC(=O)c3ccc(Cl)cc3)n2)cc1Br. The highest BCUT2D eigenvalue weighted by atomic mass is 79.9. The van der Waals surface area contributed by atoms with Crippen LogP contribution < -0.4 is 10.1 Å². The molecule has 3 rings (SSSR count). The summed E-state index contributed by atoms with van der Waals surface area (Å²) in [6.07, 6.45) is 0. The van der Waals surface area contributed by atoms with E-state index in [1.165, 1.54) is 11.3 Å². The number of thiazole rings is 1. The fraction of sp³-hybridized carbons (Fsp3) is 0.0588. The topological polar surface area (TPSA) is 51.2 Å². The van der Waals surface area contributed by atoms with Gasteiger partial charge < -0.3 is 4.74 Å². The van der Waals surface area contributed by atoms with Crippen molar-refractivity contribution < 1.29 is 9.53 Å². The van der Waals surface area contributed by atoms with Crippen molar-refractivity contribution >= 4 is 49.9 Å². The molecule has 2 aromatic carbocycles. The molecule has 0 bridgehead atoms. The molecule has 0 aliphatic rings. The van der Waals surface area contributed by atoms with Crippen LogP contribution in [0.5, 0.6) is 5.75 Å². The Morgan fingerprint density at radius 3 is 2.67 bits per heavy atom. The van der Waals surface area contributed by atoms with Crippen molar-refractivity contribution in [3.8, 4) is 17.0 Å². The van der Waals surface area contributed by atoms with Crippen molar-refractivity contribution in [1.29, 1.82) is 0 Å². The molecule has 7 heteroatoms. The van der Waals surface area contributed by atoms with Gasteiger partial charge in [-0.15, -0.1) is 11.3 Å². The van der Waals surface area contributed by atoms with Gasteiger partial charge >= 0.3 is 0 Å². The zero-order valence-electron chi connectivity index (χ0n) is 12.5. The lowest BCUT2D eigenvalue weighted by Crippen LogP contribution is -2.11. The number of ether oxygens (including phenoxy) is 1. The van der Waals surface area contributed by atoms with Gasteiger partial charge in [0.1, 0.15) is 5.75 Å². The van der Waals surface area contributed by atoms with E-state index in [4.69, 9.17) is 16.3 Å². The third kappa shape index (κ3) is 3.77. The normalized spacial score (nSPS) is 10.5. The Labute approximate surface area is 156 Å². The highest BCUT2D eigenvalue weighted by Crippen LogP contribution is 2.32. The maximum absolute atomic E-state index is 12.2. The van der Waals surface area contributed by atoms with Crippen LogP contribution in [0.4, 0.5) is 5.13 Å². The van der Waals surface area contributed by atoms with E-state index in [1.807, 2.05) is 23.6 Å². The number of carbonyl (C=O) groups excluding carboxylic acids is 1. The zero-order chi connectivity index (χ0) is 17.1. The van der Waals surface area contributed by atoms with Gasteiger partial charge in [0, 0.05) is 21.5 Å². The highest BCUT2D eigenvalue weighted by molar-refractivity contribution is 9.10. The fourth-order valence-electron chi connectivity index (χ4n) is 2.06. The summed E-state index contributed by atoms with van der Waals surface area (Å²) in [5.41, 5.74) is 2.25. The highest BCUT2D eigenvalue weighted by Gasteiger charge is 2.11. The van der Waals surface area contributed by atoms with Crippen molar-refractivity contribution in [2.45, 2.75) is 0 Å². The molecule has 4 nitrogen and oxygen atoms in total. The number of carbonyl (C=O) groups is 1. The Morgan fingerprint density at radius 2 is 2.00 bits per heavy atom. The van der Waals surface area contributed by atoms with E-state index in [-0.39, 0.29) is 5.91 Å². The molecule has 1 amide bonds. The van der Waals surface area contributed by atoms with Crippen LogP contribution in [0.25, 0.3) is 11.3 Å². The summed E-state index contributed by atoms with van der Waals surface area (Å²) in [4.78, 5) is 16.7. The summed E-state index contributed by atoms with van der Waals surface area (Å²) in [5, 5.41) is 5.82. The van der Waals surface area contributed by atoms with Crippen LogP contribution >= 0.6 is 38.9 Å². The van der Waals surface area contributed by atoms with Gasteiger partial charge in [0.2, 0.25) is 0 Å². The van der Waals surface area contributed by atoms with Gasteiger partial charge in [-0.25, -0.2) is 4.98 Å². The van der Waals surface area contributed by atoms with Crippen LogP contribution in [0.2, 0.25) is 5.02 Å². The molecule has 1 N–H and O–H groups in total. The summed E-state index contributed by atoms with van der Waals surface area (Å²) < 4.78 is 6.07. The quantitative estimate of drug-likeness (QED) is 0.604. The van der Waals surface area contributed by atoms with Crippen LogP contribution in [0.1, 0.15) is 10.4 Å².